The Morgan fingerprint density at radius 2 is 1.87 bits per heavy atom. The standard InChI is InChI=1S/C12H19N2O13P3/c1-3-8-7(2)9(25-11(8)14-5-4-10(15)13-12(14)16)6-24-29(20,21)27-30(22,23)26-28(17,18)19/h1,4-5,7-9,11-12,16H,6H2,2H3,(H,13,15)(H,20,21)(H,22,23)(H2,17,18,19)/t7?,8-,9+,11+,12?/m0/s1. The molecule has 0 saturated carbocycles. The molecule has 0 aromatic heterocycles. The number of rotatable bonds is 8. The summed E-state index contributed by atoms with van der Waals surface area (Å²) in [6.45, 7) is 0.910. The molecule has 1 fully saturated rings. The summed E-state index contributed by atoms with van der Waals surface area (Å²) < 4.78 is 51.3. The lowest BCUT2D eigenvalue weighted by molar-refractivity contribution is -0.143. The van der Waals surface area contributed by atoms with Crippen LogP contribution >= 0.6 is 23.5 Å². The van der Waals surface area contributed by atoms with Crippen LogP contribution in [0.4, 0.5) is 0 Å². The molecule has 0 bridgehead atoms. The highest BCUT2D eigenvalue weighted by molar-refractivity contribution is 7.66. The molecule has 7 atom stereocenters. The van der Waals surface area contributed by atoms with Crippen LogP contribution in [0.15, 0.2) is 12.3 Å². The quantitative estimate of drug-likeness (QED) is 0.180. The minimum atomic E-state index is -5.64. The van der Waals surface area contributed by atoms with Gasteiger partial charge in [-0.15, -0.1) is 6.42 Å². The van der Waals surface area contributed by atoms with Crippen molar-refractivity contribution in [1.82, 2.24) is 10.2 Å². The maximum atomic E-state index is 11.8. The molecule has 0 aromatic rings. The first-order valence-electron chi connectivity index (χ1n) is 7.98. The maximum absolute atomic E-state index is 11.8. The van der Waals surface area contributed by atoms with Crippen LogP contribution in [0.5, 0.6) is 0 Å². The topological polar surface area (TPSA) is 222 Å². The normalized spacial score (nSPS) is 33.4. The van der Waals surface area contributed by atoms with Gasteiger partial charge in [0.2, 0.25) is 12.3 Å². The lowest BCUT2D eigenvalue weighted by Crippen LogP contribution is -2.53. The number of hydrogen-bond donors (Lipinski definition) is 6. The van der Waals surface area contributed by atoms with Gasteiger partial charge < -0.3 is 39.6 Å². The molecular weight excluding hydrogens is 473 g/mol. The number of carbonyl (C=O) groups is 1. The molecule has 0 aliphatic carbocycles. The minimum absolute atomic E-state index is 0.523. The largest absolute Gasteiger partial charge is 0.490 e. The molecule has 170 valence electrons. The average molecular weight is 492 g/mol. The van der Waals surface area contributed by atoms with E-state index in [1.807, 2.05) is 0 Å². The number of aliphatic hydroxyl groups is 1. The Labute approximate surface area is 170 Å². The third kappa shape index (κ3) is 6.70. The summed E-state index contributed by atoms with van der Waals surface area (Å²) in [5, 5.41) is 12.2. The number of terminal acetylenes is 1. The second kappa shape index (κ2) is 9.18. The fourth-order valence-corrected chi connectivity index (χ4v) is 5.77. The fourth-order valence-electron chi connectivity index (χ4n) is 2.74. The summed E-state index contributed by atoms with van der Waals surface area (Å²) >= 11 is 0. The Bertz CT molecular complexity index is 881. The van der Waals surface area contributed by atoms with E-state index in [1.54, 1.807) is 6.92 Å². The zero-order valence-electron chi connectivity index (χ0n) is 15.1. The van der Waals surface area contributed by atoms with E-state index >= 15 is 0 Å². The lowest BCUT2D eigenvalue weighted by Gasteiger charge is -2.35. The summed E-state index contributed by atoms with van der Waals surface area (Å²) in [6.07, 6.45) is 4.47. The Morgan fingerprint density at radius 3 is 2.40 bits per heavy atom. The number of phosphoric ester groups is 1. The molecule has 0 spiro atoms. The maximum Gasteiger partial charge on any atom is 0.490 e. The molecule has 15 nitrogen and oxygen atoms in total. The van der Waals surface area contributed by atoms with Crippen LogP contribution in [-0.2, 0) is 36.4 Å². The van der Waals surface area contributed by atoms with Crippen molar-refractivity contribution in [1.29, 1.82) is 0 Å². The van der Waals surface area contributed by atoms with Crippen LogP contribution < -0.4 is 5.32 Å². The van der Waals surface area contributed by atoms with Crippen molar-refractivity contribution in [3.63, 3.8) is 0 Å². The molecule has 2 rings (SSSR count). The van der Waals surface area contributed by atoms with Crippen LogP contribution in [0, 0.1) is 24.2 Å². The Balaban J connectivity index is 2.05. The predicted octanol–water partition coefficient (Wildman–Crippen LogP) is -0.839. The van der Waals surface area contributed by atoms with E-state index in [4.69, 9.17) is 25.8 Å². The number of nitrogens with one attached hydrogen (secondary N) is 1. The molecule has 2 heterocycles. The van der Waals surface area contributed by atoms with Gasteiger partial charge in [-0.2, -0.15) is 8.62 Å². The number of phosphoric acid groups is 3. The Hall–Kier alpha value is -1.10. The van der Waals surface area contributed by atoms with Gasteiger partial charge in [0.05, 0.1) is 18.6 Å². The number of hydrogen-bond acceptors (Lipinski definition) is 10. The van der Waals surface area contributed by atoms with Crippen LogP contribution in [0.1, 0.15) is 6.92 Å². The highest BCUT2D eigenvalue weighted by Crippen LogP contribution is 2.66. The van der Waals surface area contributed by atoms with Gasteiger partial charge in [-0.1, -0.05) is 12.8 Å². The molecule has 18 heteroatoms. The predicted molar refractivity (Wildman–Crippen MR) is 95.1 cm³/mol. The van der Waals surface area contributed by atoms with Crippen molar-refractivity contribution in [2.75, 3.05) is 6.61 Å². The first-order chi connectivity index (χ1) is 13.6. The molecule has 0 radical (unpaired) electrons. The van der Waals surface area contributed by atoms with Gasteiger partial charge in [0.25, 0.3) is 0 Å². The van der Waals surface area contributed by atoms with Gasteiger partial charge in [-0.3, -0.25) is 9.32 Å². The molecule has 2 aliphatic rings. The van der Waals surface area contributed by atoms with Crippen molar-refractivity contribution in [3.05, 3.63) is 12.3 Å². The van der Waals surface area contributed by atoms with E-state index in [2.05, 4.69) is 24.4 Å². The van der Waals surface area contributed by atoms with E-state index in [-0.39, 0.29) is 0 Å². The highest BCUT2D eigenvalue weighted by atomic mass is 31.3. The highest BCUT2D eigenvalue weighted by Gasteiger charge is 2.47. The van der Waals surface area contributed by atoms with Gasteiger partial charge in [0.15, 0.2) is 0 Å². The second-order valence-electron chi connectivity index (χ2n) is 6.15. The molecule has 4 unspecified atom stereocenters. The van der Waals surface area contributed by atoms with Gasteiger partial charge in [-0.25, -0.2) is 13.7 Å². The molecule has 0 aromatic carbocycles. The molecule has 1 amide bonds. The van der Waals surface area contributed by atoms with Crippen LogP contribution in [0.3, 0.4) is 0 Å². The number of ether oxygens (including phenoxy) is 1. The van der Waals surface area contributed by atoms with Crippen LogP contribution in [0.2, 0.25) is 0 Å². The molecule has 2 aliphatic heterocycles. The first kappa shape index (κ1) is 25.2. The number of aliphatic hydroxyl groups excluding tert-OH is 1. The van der Waals surface area contributed by atoms with Crippen molar-refractivity contribution < 1.29 is 61.1 Å². The Morgan fingerprint density at radius 1 is 1.23 bits per heavy atom. The minimum Gasteiger partial charge on any atom is -0.356 e. The van der Waals surface area contributed by atoms with Gasteiger partial charge >= 0.3 is 23.5 Å². The molecular formula is C12H19N2O13P3. The molecule has 30 heavy (non-hydrogen) atoms. The summed E-state index contributed by atoms with van der Waals surface area (Å²) in [5.41, 5.74) is 0. The van der Waals surface area contributed by atoms with Crippen LogP contribution in [0.25, 0.3) is 0 Å². The van der Waals surface area contributed by atoms with Crippen LogP contribution in [-0.4, -0.2) is 60.8 Å². The van der Waals surface area contributed by atoms with Gasteiger partial charge in [0.1, 0.15) is 6.23 Å². The summed E-state index contributed by atoms with van der Waals surface area (Å²) in [6, 6.07) is 0. The van der Waals surface area contributed by atoms with Crippen molar-refractivity contribution >= 4 is 29.4 Å². The molecule has 6 N–H and O–H groups in total. The third-order valence-corrected chi connectivity index (χ3v) is 7.83. The van der Waals surface area contributed by atoms with Gasteiger partial charge in [-0.05, 0) is 0 Å². The van der Waals surface area contributed by atoms with Crippen molar-refractivity contribution in [2.45, 2.75) is 25.6 Å². The summed E-state index contributed by atoms with van der Waals surface area (Å²) in [4.78, 5) is 48.2. The lowest BCUT2D eigenvalue weighted by atomic mass is 9.91. The van der Waals surface area contributed by atoms with Gasteiger partial charge in [0, 0.05) is 18.2 Å². The number of amides is 1. The SMILES string of the molecule is C#C[C@H]1C(C)[C@@H](COP(=O)(O)OP(=O)(O)OP(=O)(O)O)O[C@H]1N1C=CC(=O)NC1O. The van der Waals surface area contributed by atoms with E-state index in [0.29, 0.717) is 0 Å². The Kier molecular flexibility index (Phi) is 7.70. The zero-order chi connectivity index (χ0) is 22.9. The van der Waals surface area contributed by atoms with Crippen molar-refractivity contribution in [3.8, 4) is 12.3 Å². The molecule has 1 saturated heterocycles. The summed E-state index contributed by atoms with van der Waals surface area (Å²) in [5.74, 6) is 0.705. The third-order valence-electron chi connectivity index (χ3n) is 4.03. The van der Waals surface area contributed by atoms with E-state index in [1.165, 1.54) is 11.1 Å². The summed E-state index contributed by atoms with van der Waals surface area (Å²) in [7, 11) is -16.5. The van der Waals surface area contributed by atoms with E-state index in [0.717, 1.165) is 6.08 Å². The smallest absolute Gasteiger partial charge is 0.356 e. The monoisotopic (exact) mass is 492 g/mol. The first-order valence-corrected chi connectivity index (χ1v) is 12.5. The van der Waals surface area contributed by atoms with E-state index in [9.17, 15) is 28.5 Å². The second-order valence-corrected chi connectivity index (χ2v) is 10.6. The average Bonchev–Trinajstić information content (AvgIpc) is 2.85. The van der Waals surface area contributed by atoms with E-state index < -0.39 is 66.5 Å². The fraction of sp³-hybridized carbons (Fsp3) is 0.583. The zero-order valence-corrected chi connectivity index (χ0v) is 17.8. The number of carbonyl (C=O) groups excluding carboxylic acids is 1. The number of nitrogens with zero attached hydrogens (tertiary/aromatic N) is 1. The van der Waals surface area contributed by atoms with Crippen molar-refractivity contribution in [2.24, 2.45) is 11.8 Å².